The summed E-state index contributed by atoms with van der Waals surface area (Å²) in [6, 6.07) is 8.15. The lowest BCUT2D eigenvalue weighted by Gasteiger charge is -2.34. The van der Waals surface area contributed by atoms with Gasteiger partial charge in [-0.3, -0.25) is 9.59 Å². The molecular weight excluding hydrogens is 390 g/mol. The molecule has 0 spiro atoms. The highest BCUT2D eigenvalue weighted by Crippen LogP contribution is 2.15. The normalized spacial score (nSPS) is 14.0. The van der Waals surface area contributed by atoms with Crippen molar-refractivity contribution in [1.82, 2.24) is 9.80 Å². The maximum atomic E-state index is 12.2. The highest BCUT2D eigenvalue weighted by molar-refractivity contribution is 5.92. The Balaban J connectivity index is 1.44. The van der Waals surface area contributed by atoms with Crippen molar-refractivity contribution in [3.8, 4) is 5.75 Å². The van der Waals surface area contributed by atoms with Crippen LogP contribution in [-0.2, 0) is 9.53 Å². The van der Waals surface area contributed by atoms with E-state index in [2.05, 4.69) is 4.74 Å². The Bertz CT molecular complexity index is 846. The number of carbonyl (C=O) groups is 3. The van der Waals surface area contributed by atoms with E-state index in [1.807, 2.05) is 0 Å². The van der Waals surface area contributed by atoms with Crippen molar-refractivity contribution in [3.05, 3.63) is 54.0 Å². The zero-order chi connectivity index (χ0) is 20.8. The highest BCUT2D eigenvalue weighted by atomic mass is 19.3. The van der Waals surface area contributed by atoms with E-state index >= 15 is 0 Å². The van der Waals surface area contributed by atoms with Crippen LogP contribution in [0.15, 0.2) is 47.1 Å². The topological polar surface area (TPSA) is 89.3 Å². The third-order valence-corrected chi connectivity index (χ3v) is 4.29. The Morgan fingerprint density at radius 2 is 1.66 bits per heavy atom. The molecule has 29 heavy (non-hydrogen) atoms. The Kier molecular flexibility index (Phi) is 6.43. The zero-order valence-electron chi connectivity index (χ0n) is 15.3. The molecule has 2 heterocycles. The van der Waals surface area contributed by atoms with E-state index in [9.17, 15) is 23.2 Å². The van der Waals surface area contributed by atoms with Crippen LogP contribution in [0, 0.1) is 0 Å². The summed E-state index contributed by atoms with van der Waals surface area (Å²) in [4.78, 5) is 39.5. The average molecular weight is 408 g/mol. The fraction of sp³-hybridized carbons (Fsp3) is 0.316. The number of amides is 2. The molecule has 2 aromatic rings. The van der Waals surface area contributed by atoms with Crippen LogP contribution in [0.25, 0.3) is 0 Å². The van der Waals surface area contributed by atoms with Crippen molar-refractivity contribution in [2.24, 2.45) is 0 Å². The lowest BCUT2D eigenvalue weighted by Crippen LogP contribution is -2.51. The van der Waals surface area contributed by atoms with Crippen LogP contribution >= 0.6 is 0 Å². The smallest absolute Gasteiger partial charge is 0.387 e. The summed E-state index contributed by atoms with van der Waals surface area (Å²) < 4.78 is 38.5. The quantitative estimate of drug-likeness (QED) is 0.680. The van der Waals surface area contributed by atoms with Crippen molar-refractivity contribution < 1.29 is 37.1 Å². The van der Waals surface area contributed by atoms with E-state index in [1.165, 1.54) is 35.4 Å². The second-order valence-electron chi connectivity index (χ2n) is 6.13. The number of ether oxygens (including phenoxy) is 2. The fourth-order valence-electron chi connectivity index (χ4n) is 2.79. The van der Waals surface area contributed by atoms with Crippen molar-refractivity contribution in [2.45, 2.75) is 6.61 Å². The molecule has 1 saturated heterocycles. The summed E-state index contributed by atoms with van der Waals surface area (Å²) in [5.41, 5.74) is 0.105. The number of rotatable bonds is 6. The maximum Gasteiger partial charge on any atom is 0.387 e. The van der Waals surface area contributed by atoms with E-state index in [-0.39, 0.29) is 28.9 Å². The van der Waals surface area contributed by atoms with Gasteiger partial charge in [-0.25, -0.2) is 4.79 Å². The SMILES string of the molecule is O=C(OCC(=O)N1CCN(C(=O)c2ccco2)CC1)c1ccc(OC(F)F)cc1. The average Bonchev–Trinajstić information content (AvgIpc) is 3.26. The molecule has 10 heteroatoms. The summed E-state index contributed by atoms with van der Waals surface area (Å²) in [6.45, 7) is -2.12. The Morgan fingerprint density at radius 1 is 1.00 bits per heavy atom. The minimum atomic E-state index is -2.96. The predicted octanol–water partition coefficient (Wildman–Crippen LogP) is 2.02. The molecule has 2 amide bonds. The number of furan rings is 1. The molecular formula is C19H18F2N2O6. The molecule has 154 valence electrons. The van der Waals surface area contributed by atoms with Crippen LogP contribution in [0.3, 0.4) is 0 Å². The Labute approximate surface area is 164 Å². The van der Waals surface area contributed by atoms with Gasteiger partial charge in [-0.05, 0) is 36.4 Å². The van der Waals surface area contributed by atoms with Gasteiger partial charge in [-0.15, -0.1) is 0 Å². The number of esters is 1. The first-order valence-corrected chi connectivity index (χ1v) is 8.76. The van der Waals surface area contributed by atoms with E-state index in [0.717, 1.165) is 0 Å². The van der Waals surface area contributed by atoms with Crippen LogP contribution in [0.1, 0.15) is 20.9 Å². The molecule has 0 bridgehead atoms. The number of alkyl halides is 2. The highest BCUT2D eigenvalue weighted by Gasteiger charge is 2.26. The molecule has 0 unspecified atom stereocenters. The number of piperazine rings is 1. The number of benzene rings is 1. The number of hydrogen-bond donors (Lipinski definition) is 0. The molecule has 0 saturated carbocycles. The third-order valence-electron chi connectivity index (χ3n) is 4.29. The van der Waals surface area contributed by atoms with Gasteiger partial charge in [-0.1, -0.05) is 0 Å². The van der Waals surface area contributed by atoms with Gasteiger partial charge in [-0.2, -0.15) is 8.78 Å². The second-order valence-corrected chi connectivity index (χ2v) is 6.13. The molecule has 8 nitrogen and oxygen atoms in total. The summed E-state index contributed by atoms with van der Waals surface area (Å²) in [5.74, 6) is -1.24. The molecule has 0 atom stereocenters. The largest absolute Gasteiger partial charge is 0.459 e. The van der Waals surface area contributed by atoms with Crippen molar-refractivity contribution in [2.75, 3.05) is 32.8 Å². The van der Waals surface area contributed by atoms with Gasteiger partial charge >= 0.3 is 12.6 Å². The molecule has 1 aromatic heterocycles. The molecule has 1 aliphatic rings. The van der Waals surface area contributed by atoms with Crippen LogP contribution in [-0.4, -0.2) is 67.0 Å². The van der Waals surface area contributed by atoms with Gasteiger partial charge in [0.1, 0.15) is 5.75 Å². The second kappa shape index (κ2) is 9.18. The first kappa shape index (κ1) is 20.3. The Morgan fingerprint density at radius 3 is 2.24 bits per heavy atom. The standard InChI is InChI=1S/C19H18F2N2O6/c20-19(21)29-14-5-3-13(4-6-14)18(26)28-12-16(24)22-7-9-23(10-8-22)17(25)15-2-1-11-27-15/h1-6,11,19H,7-10,12H2. The molecule has 1 fully saturated rings. The van der Waals surface area contributed by atoms with Crippen molar-refractivity contribution >= 4 is 17.8 Å². The van der Waals surface area contributed by atoms with Crippen LogP contribution in [0.2, 0.25) is 0 Å². The summed E-state index contributed by atoms with van der Waals surface area (Å²) in [6.07, 6.45) is 1.42. The molecule has 1 aromatic carbocycles. The lowest BCUT2D eigenvalue weighted by atomic mass is 10.2. The summed E-state index contributed by atoms with van der Waals surface area (Å²) >= 11 is 0. The summed E-state index contributed by atoms with van der Waals surface area (Å²) in [7, 11) is 0. The summed E-state index contributed by atoms with van der Waals surface area (Å²) in [5, 5.41) is 0. The van der Waals surface area contributed by atoms with Gasteiger partial charge in [0.2, 0.25) is 0 Å². The van der Waals surface area contributed by atoms with E-state index in [4.69, 9.17) is 9.15 Å². The van der Waals surface area contributed by atoms with E-state index < -0.39 is 19.2 Å². The number of halogens is 2. The Hall–Kier alpha value is -3.43. The minimum Gasteiger partial charge on any atom is -0.459 e. The maximum absolute atomic E-state index is 12.2. The molecule has 1 aliphatic heterocycles. The van der Waals surface area contributed by atoms with E-state index in [1.54, 1.807) is 17.0 Å². The fourth-order valence-corrected chi connectivity index (χ4v) is 2.79. The van der Waals surface area contributed by atoms with Gasteiger partial charge < -0.3 is 23.7 Å². The monoisotopic (exact) mass is 408 g/mol. The van der Waals surface area contributed by atoms with Crippen molar-refractivity contribution in [3.63, 3.8) is 0 Å². The number of carbonyl (C=O) groups excluding carboxylic acids is 3. The van der Waals surface area contributed by atoms with Gasteiger partial charge in [0.05, 0.1) is 11.8 Å². The van der Waals surface area contributed by atoms with Gasteiger partial charge in [0, 0.05) is 26.2 Å². The van der Waals surface area contributed by atoms with Gasteiger partial charge in [0.15, 0.2) is 12.4 Å². The number of hydrogen-bond acceptors (Lipinski definition) is 6. The van der Waals surface area contributed by atoms with Crippen molar-refractivity contribution in [1.29, 1.82) is 0 Å². The molecule has 0 N–H and O–H groups in total. The van der Waals surface area contributed by atoms with Gasteiger partial charge in [0.25, 0.3) is 11.8 Å². The minimum absolute atomic E-state index is 0.0883. The number of nitrogens with zero attached hydrogens (tertiary/aromatic N) is 2. The van der Waals surface area contributed by atoms with E-state index in [0.29, 0.717) is 26.2 Å². The molecule has 0 aliphatic carbocycles. The zero-order valence-corrected chi connectivity index (χ0v) is 15.3. The van der Waals surface area contributed by atoms with Crippen LogP contribution < -0.4 is 4.74 Å². The lowest BCUT2D eigenvalue weighted by molar-refractivity contribution is -0.136. The third kappa shape index (κ3) is 5.31. The molecule has 0 radical (unpaired) electrons. The van der Waals surface area contributed by atoms with Crippen LogP contribution in [0.4, 0.5) is 8.78 Å². The molecule has 3 rings (SSSR count). The first-order chi connectivity index (χ1) is 13.9. The predicted molar refractivity (Wildman–Crippen MR) is 94.5 cm³/mol. The van der Waals surface area contributed by atoms with Crippen LogP contribution in [0.5, 0.6) is 5.75 Å². The first-order valence-electron chi connectivity index (χ1n) is 8.76.